The van der Waals surface area contributed by atoms with Gasteiger partial charge in [0, 0.05) is 25.0 Å². The zero-order valence-corrected chi connectivity index (χ0v) is 14.5. The van der Waals surface area contributed by atoms with Crippen molar-refractivity contribution < 1.29 is 4.79 Å². The fourth-order valence-electron chi connectivity index (χ4n) is 3.18. The summed E-state index contributed by atoms with van der Waals surface area (Å²) < 4.78 is 0. The lowest BCUT2D eigenvalue weighted by molar-refractivity contribution is 0.102. The first-order valence-electron chi connectivity index (χ1n) is 8.76. The summed E-state index contributed by atoms with van der Waals surface area (Å²) in [5.41, 5.74) is 3.71. The topological polar surface area (TPSA) is 45.2 Å². The molecule has 1 atom stereocenters. The highest BCUT2D eigenvalue weighted by Gasteiger charge is 2.18. The van der Waals surface area contributed by atoms with E-state index in [1.807, 2.05) is 36.5 Å². The molecule has 0 spiro atoms. The Morgan fingerprint density at radius 1 is 1.29 bits per heavy atom. The Morgan fingerprint density at radius 2 is 2.08 bits per heavy atom. The molecule has 0 saturated carbocycles. The smallest absolute Gasteiger partial charge is 0.257 e. The van der Waals surface area contributed by atoms with Crippen molar-refractivity contribution in [1.82, 2.24) is 4.98 Å². The molecule has 0 bridgehead atoms. The fraction of sp³-hybridized carbons (Fsp3) is 0.400. The molecule has 1 fully saturated rings. The SMILES string of the molecule is CCc1ccc(NC(=O)c2cncc(N3CCCC(C)C3)c2)cc1. The van der Waals surface area contributed by atoms with E-state index in [2.05, 4.69) is 29.0 Å². The average molecular weight is 323 g/mol. The summed E-state index contributed by atoms with van der Waals surface area (Å²) in [5.74, 6) is 0.576. The van der Waals surface area contributed by atoms with Gasteiger partial charge in [-0.3, -0.25) is 9.78 Å². The molecule has 1 N–H and O–H groups in total. The first kappa shape index (κ1) is 16.5. The van der Waals surface area contributed by atoms with Gasteiger partial charge in [0.2, 0.25) is 0 Å². The van der Waals surface area contributed by atoms with Gasteiger partial charge in [-0.2, -0.15) is 0 Å². The van der Waals surface area contributed by atoms with E-state index < -0.39 is 0 Å². The zero-order valence-electron chi connectivity index (χ0n) is 14.5. The van der Waals surface area contributed by atoms with Crippen LogP contribution in [0.2, 0.25) is 0 Å². The van der Waals surface area contributed by atoms with E-state index in [0.29, 0.717) is 11.5 Å². The molecule has 3 rings (SSSR count). The molecule has 4 nitrogen and oxygen atoms in total. The zero-order chi connectivity index (χ0) is 16.9. The van der Waals surface area contributed by atoms with Gasteiger partial charge in [-0.15, -0.1) is 0 Å². The highest BCUT2D eigenvalue weighted by molar-refractivity contribution is 6.04. The Bertz CT molecular complexity index is 696. The van der Waals surface area contributed by atoms with E-state index in [9.17, 15) is 4.79 Å². The number of benzene rings is 1. The Kier molecular flexibility index (Phi) is 5.14. The minimum Gasteiger partial charge on any atom is -0.370 e. The second-order valence-electron chi connectivity index (χ2n) is 6.63. The lowest BCUT2D eigenvalue weighted by Crippen LogP contribution is -2.34. The number of anilines is 2. The summed E-state index contributed by atoms with van der Waals surface area (Å²) in [6, 6.07) is 9.92. The number of nitrogens with one attached hydrogen (secondary N) is 1. The second kappa shape index (κ2) is 7.47. The maximum atomic E-state index is 12.5. The van der Waals surface area contributed by atoms with Gasteiger partial charge in [-0.1, -0.05) is 26.0 Å². The maximum Gasteiger partial charge on any atom is 0.257 e. The van der Waals surface area contributed by atoms with Crippen LogP contribution >= 0.6 is 0 Å². The monoisotopic (exact) mass is 323 g/mol. The van der Waals surface area contributed by atoms with Gasteiger partial charge in [0.1, 0.15) is 0 Å². The summed E-state index contributed by atoms with van der Waals surface area (Å²) in [6.07, 6.45) is 6.95. The van der Waals surface area contributed by atoms with Gasteiger partial charge < -0.3 is 10.2 Å². The predicted molar refractivity (Wildman–Crippen MR) is 98.6 cm³/mol. The molecule has 2 aromatic rings. The molecule has 0 radical (unpaired) electrons. The third-order valence-electron chi connectivity index (χ3n) is 4.63. The molecular weight excluding hydrogens is 298 g/mol. The summed E-state index contributed by atoms with van der Waals surface area (Å²) in [4.78, 5) is 19.1. The Labute approximate surface area is 143 Å². The largest absolute Gasteiger partial charge is 0.370 e. The number of pyridine rings is 1. The van der Waals surface area contributed by atoms with Crippen molar-refractivity contribution in [3.05, 3.63) is 53.9 Å². The number of nitrogens with zero attached hydrogens (tertiary/aromatic N) is 2. The number of aryl methyl sites for hydroxylation is 1. The normalized spacial score (nSPS) is 17.6. The lowest BCUT2D eigenvalue weighted by Gasteiger charge is -2.32. The molecule has 1 aromatic heterocycles. The molecule has 1 unspecified atom stereocenters. The van der Waals surface area contributed by atoms with Crippen LogP contribution in [0.1, 0.15) is 42.6 Å². The Hall–Kier alpha value is -2.36. The number of rotatable bonds is 4. The summed E-state index contributed by atoms with van der Waals surface area (Å²) in [6.45, 7) is 6.46. The van der Waals surface area contributed by atoms with Crippen LogP contribution in [0.15, 0.2) is 42.7 Å². The van der Waals surface area contributed by atoms with E-state index in [0.717, 1.165) is 30.9 Å². The van der Waals surface area contributed by atoms with Crippen molar-refractivity contribution in [2.45, 2.75) is 33.1 Å². The van der Waals surface area contributed by atoms with Crippen LogP contribution in [-0.2, 0) is 6.42 Å². The highest BCUT2D eigenvalue weighted by atomic mass is 16.1. The Balaban J connectivity index is 1.71. The van der Waals surface area contributed by atoms with Gasteiger partial charge in [-0.05, 0) is 48.9 Å². The van der Waals surface area contributed by atoms with Gasteiger partial charge in [0.25, 0.3) is 5.91 Å². The molecular formula is C20H25N3O. The number of aromatic nitrogens is 1. The number of carbonyl (C=O) groups is 1. The van der Waals surface area contributed by atoms with Crippen LogP contribution in [0.4, 0.5) is 11.4 Å². The highest BCUT2D eigenvalue weighted by Crippen LogP contribution is 2.23. The summed E-state index contributed by atoms with van der Waals surface area (Å²) in [5, 5.41) is 2.95. The quantitative estimate of drug-likeness (QED) is 0.920. The molecule has 1 aliphatic heterocycles. The number of carbonyl (C=O) groups excluding carboxylic acids is 1. The van der Waals surface area contributed by atoms with Crippen LogP contribution in [0.25, 0.3) is 0 Å². The van der Waals surface area contributed by atoms with E-state index in [1.54, 1.807) is 6.20 Å². The first-order chi connectivity index (χ1) is 11.7. The van der Waals surface area contributed by atoms with E-state index in [1.165, 1.54) is 18.4 Å². The molecule has 0 aliphatic carbocycles. The standard InChI is InChI=1S/C20H25N3O/c1-3-16-6-8-18(9-7-16)22-20(24)17-11-19(13-21-12-17)23-10-4-5-15(2)14-23/h6-9,11-13,15H,3-5,10,14H2,1-2H3,(H,22,24). The van der Waals surface area contributed by atoms with Gasteiger partial charge in [-0.25, -0.2) is 0 Å². The van der Waals surface area contributed by atoms with Crippen molar-refractivity contribution in [3.63, 3.8) is 0 Å². The molecule has 126 valence electrons. The summed E-state index contributed by atoms with van der Waals surface area (Å²) in [7, 11) is 0. The van der Waals surface area contributed by atoms with Crippen molar-refractivity contribution in [3.8, 4) is 0 Å². The van der Waals surface area contributed by atoms with Crippen LogP contribution in [0.3, 0.4) is 0 Å². The van der Waals surface area contributed by atoms with Crippen LogP contribution in [0.5, 0.6) is 0 Å². The minimum absolute atomic E-state index is 0.112. The molecule has 1 aliphatic rings. The predicted octanol–water partition coefficient (Wildman–Crippen LogP) is 4.13. The van der Waals surface area contributed by atoms with Crippen molar-refractivity contribution in [2.24, 2.45) is 5.92 Å². The molecule has 1 saturated heterocycles. The van der Waals surface area contributed by atoms with E-state index in [-0.39, 0.29) is 5.91 Å². The number of amides is 1. The van der Waals surface area contributed by atoms with Crippen LogP contribution < -0.4 is 10.2 Å². The minimum atomic E-state index is -0.112. The molecule has 1 amide bonds. The van der Waals surface area contributed by atoms with E-state index >= 15 is 0 Å². The lowest BCUT2D eigenvalue weighted by atomic mass is 10.00. The molecule has 1 aromatic carbocycles. The third-order valence-corrected chi connectivity index (χ3v) is 4.63. The molecule has 24 heavy (non-hydrogen) atoms. The number of hydrogen-bond acceptors (Lipinski definition) is 3. The van der Waals surface area contributed by atoms with Crippen molar-refractivity contribution in [2.75, 3.05) is 23.3 Å². The average Bonchev–Trinajstić information content (AvgIpc) is 2.62. The van der Waals surface area contributed by atoms with Crippen molar-refractivity contribution in [1.29, 1.82) is 0 Å². The molecule has 2 heterocycles. The Morgan fingerprint density at radius 3 is 2.79 bits per heavy atom. The van der Waals surface area contributed by atoms with Gasteiger partial charge in [0.15, 0.2) is 0 Å². The third kappa shape index (κ3) is 3.94. The maximum absolute atomic E-state index is 12.5. The number of hydrogen-bond donors (Lipinski definition) is 1. The van der Waals surface area contributed by atoms with Crippen LogP contribution in [0, 0.1) is 5.92 Å². The van der Waals surface area contributed by atoms with Crippen LogP contribution in [-0.4, -0.2) is 24.0 Å². The number of piperidine rings is 1. The van der Waals surface area contributed by atoms with Gasteiger partial charge >= 0.3 is 0 Å². The summed E-state index contributed by atoms with van der Waals surface area (Å²) >= 11 is 0. The first-order valence-corrected chi connectivity index (χ1v) is 8.76. The van der Waals surface area contributed by atoms with Gasteiger partial charge in [0.05, 0.1) is 17.4 Å². The molecule has 4 heteroatoms. The second-order valence-corrected chi connectivity index (χ2v) is 6.63. The van der Waals surface area contributed by atoms with E-state index in [4.69, 9.17) is 0 Å². The van der Waals surface area contributed by atoms with Crippen molar-refractivity contribution >= 4 is 17.3 Å². The fourth-order valence-corrected chi connectivity index (χ4v) is 3.18.